The van der Waals surface area contributed by atoms with Gasteiger partial charge in [0.2, 0.25) is 0 Å². The number of fused-ring (bicyclic) bond motifs is 2. The van der Waals surface area contributed by atoms with Gasteiger partial charge in [-0.05, 0) is 57.6 Å². The highest BCUT2D eigenvalue weighted by Gasteiger charge is 2.40. The smallest absolute Gasteiger partial charge is 0.0405 e. The largest absolute Gasteiger partial charge is 0.363 e. The maximum atomic E-state index is 2.72. The van der Waals surface area contributed by atoms with Crippen LogP contribution in [-0.2, 0) is 6.42 Å². The first-order valence-electron chi connectivity index (χ1n) is 7.44. The molecule has 3 rings (SSSR count). The van der Waals surface area contributed by atoms with Gasteiger partial charge in [-0.25, -0.2) is 0 Å². The van der Waals surface area contributed by atoms with Gasteiger partial charge >= 0.3 is 0 Å². The second-order valence-corrected chi connectivity index (χ2v) is 6.99. The highest BCUT2D eigenvalue weighted by atomic mass is 15.2. The van der Waals surface area contributed by atoms with Gasteiger partial charge in [-0.1, -0.05) is 31.0 Å². The summed E-state index contributed by atoms with van der Waals surface area (Å²) in [7, 11) is 0. The lowest BCUT2D eigenvalue weighted by Gasteiger charge is -2.52. The van der Waals surface area contributed by atoms with Gasteiger partial charge in [0.15, 0.2) is 0 Å². The maximum Gasteiger partial charge on any atom is 0.0405 e. The average Bonchev–Trinajstić information content (AvgIpc) is 2.34. The Bertz CT molecular complexity index is 429. The van der Waals surface area contributed by atoms with Crippen molar-refractivity contribution in [3.8, 4) is 0 Å². The molecule has 1 heteroatoms. The summed E-state index contributed by atoms with van der Waals surface area (Å²) in [5.41, 5.74) is 3.29. The number of anilines is 1. The van der Waals surface area contributed by atoms with Gasteiger partial charge in [0.1, 0.15) is 0 Å². The maximum absolute atomic E-state index is 2.72. The predicted molar refractivity (Wildman–Crippen MR) is 78.1 cm³/mol. The van der Waals surface area contributed by atoms with E-state index in [1.54, 1.807) is 5.56 Å². The third kappa shape index (κ3) is 1.94. The molecule has 0 radical (unpaired) electrons. The van der Waals surface area contributed by atoms with Gasteiger partial charge < -0.3 is 4.90 Å². The Morgan fingerprint density at radius 2 is 1.78 bits per heavy atom. The van der Waals surface area contributed by atoms with Crippen LogP contribution >= 0.6 is 0 Å². The Hall–Kier alpha value is -0.980. The van der Waals surface area contributed by atoms with Crippen molar-refractivity contribution >= 4 is 5.69 Å². The molecule has 0 aromatic heterocycles. The van der Waals surface area contributed by atoms with E-state index in [0.29, 0.717) is 0 Å². The highest BCUT2D eigenvalue weighted by molar-refractivity contribution is 5.58. The standard InChI is InChI=1S/C17H25N/c1-17(2,3)18-15-10-6-4-8-13(15)12-14-9-5-7-11-16(14)18/h4,6,8,10,14,16H,5,7,9,11-12H2,1-3H3. The lowest BCUT2D eigenvalue weighted by Crippen LogP contribution is -2.55. The van der Waals surface area contributed by atoms with Gasteiger partial charge in [0, 0.05) is 17.3 Å². The molecule has 0 N–H and O–H groups in total. The zero-order valence-electron chi connectivity index (χ0n) is 11.9. The van der Waals surface area contributed by atoms with E-state index in [1.165, 1.54) is 37.8 Å². The molecule has 18 heavy (non-hydrogen) atoms. The van der Waals surface area contributed by atoms with Crippen LogP contribution in [0.2, 0.25) is 0 Å². The fraction of sp³-hybridized carbons (Fsp3) is 0.647. The number of rotatable bonds is 0. The molecule has 1 aliphatic carbocycles. The van der Waals surface area contributed by atoms with Gasteiger partial charge in [-0.15, -0.1) is 0 Å². The van der Waals surface area contributed by atoms with Crippen molar-refractivity contribution in [2.75, 3.05) is 4.90 Å². The van der Waals surface area contributed by atoms with Gasteiger partial charge in [-0.3, -0.25) is 0 Å². The number of hydrogen-bond acceptors (Lipinski definition) is 1. The normalized spacial score (nSPS) is 27.6. The summed E-state index contributed by atoms with van der Waals surface area (Å²) in [6.45, 7) is 7.09. The van der Waals surface area contributed by atoms with Gasteiger partial charge in [-0.2, -0.15) is 0 Å². The quantitative estimate of drug-likeness (QED) is 0.652. The van der Waals surface area contributed by atoms with E-state index in [1.807, 2.05) is 0 Å². The first kappa shape index (κ1) is 12.1. The van der Waals surface area contributed by atoms with Crippen LogP contribution in [0.15, 0.2) is 24.3 Å². The van der Waals surface area contributed by atoms with Crippen molar-refractivity contribution in [1.29, 1.82) is 0 Å². The number of nitrogens with zero attached hydrogens (tertiary/aromatic N) is 1. The number of para-hydroxylation sites is 1. The molecule has 98 valence electrons. The minimum atomic E-state index is 0.233. The van der Waals surface area contributed by atoms with Crippen LogP contribution in [0, 0.1) is 5.92 Å². The van der Waals surface area contributed by atoms with Crippen molar-refractivity contribution < 1.29 is 0 Å². The van der Waals surface area contributed by atoms with Gasteiger partial charge in [0.25, 0.3) is 0 Å². The van der Waals surface area contributed by atoms with Crippen molar-refractivity contribution in [3.63, 3.8) is 0 Å². The molecule has 1 fully saturated rings. The Morgan fingerprint density at radius 3 is 2.56 bits per heavy atom. The third-order valence-corrected chi connectivity index (χ3v) is 4.66. The van der Waals surface area contributed by atoms with E-state index in [0.717, 1.165) is 12.0 Å². The van der Waals surface area contributed by atoms with E-state index < -0.39 is 0 Å². The number of benzene rings is 1. The van der Waals surface area contributed by atoms with Crippen molar-refractivity contribution in [2.24, 2.45) is 5.92 Å². The predicted octanol–water partition coefficient (Wildman–Crippen LogP) is 4.41. The molecule has 1 aromatic rings. The van der Waals surface area contributed by atoms with E-state index in [2.05, 4.69) is 49.9 Å². The summed E-state index contributed by atoms with van der Waals surface area (Å²) in [5, 5.41) is 0. The molecule has 1 aliphatic heterocycles. The van der Waals surface area contributed by atoms with Crippen LogP contribution in [0.3, 0.4) is 0 Å². The van der Waals surface area contributed by atoms with Crippen molar-refractivity contribution in [3.05, 3.63) is 29.8 Å². The van der Waals surface area contributed by atoms with Crippen LogP contribution in [0.25, 0.3) is 0 Å². The molecule has 1 saturated carbocycles. The summed E-state index contributed by atoms with van der Waals surface area (Å²) in [5.74, 6) is 0.882. The minimum Gasteiger partial charge on any atom is -0.363 e. The summed E-state index contributed by atoms with van der Waals surface area (Å²) in [6, 6.07) is 9.82. The van der Waals surface area contributed by atoms with E-state index in [4.69, 9.17) is 0 Å². The summed E-state index contributed by atoms with van der Waals surface area (Å²) < 4.78 is 0. The Kier molecular flexibility index (Phi) is 2.88. The molecule has 2 atom stereocenters. The lowest BCUT2D eigenvalue weighted by molar-refractivity contribution is 0.247. The molecule has 2 aliphatic rings. The van der Waals surface area contributed by atoms with Crippen molar-refractivity contribution in [1.82, 2.24) is 0 Å². The second kappa shape index (κ2) is 4.29. The second-order valence-electron chi connectivity index (χ2n) is 6.99. The van der Waals surface area contributed by atoms with E-state index >= 15 is 0 Å². The first-order valence-corrected chi connectivity index (χ1v) is 7.44. The Morgan fingerprint density at radius 1 is 1.06 bits per heavy atom. The SMILES string of the molecule is CC(C)(C)N1c2ccccc2CC2CCCCC21. The zero-order chi connectivity index (χ0) is 12.8. The molecule has 1 nitrogen and oxygen atoms in total. The first-order chi connectivity index (χ1) is 8.57. The van der Waals surface area contributed by atoms with Crippen LogP contribution in [0.4, 0.5) is 5.69 Å². The monoisotopic (exact) mass is 243 g/mol. The fourth-order valence-electron chi connectivity index (χ4n) is 4.00. The number of hydrogen-bond donors (Lipinski definition) is 0. The fourth-order valence-corrected chi connectivity index (χ4v) is 4.00. The molecule has 1 aromatic carbocycles. The molecule has 0 saturated heterocycles. The zero-order valence-corrected chi connectivity index (χ0v) is 11.9. The molecule has 1 heterocycles. The minimum absolute atomic E-state index is 0.233. The summed E-state index contributed by atoms with van der Waals surface area (Å²) in [6.07, 6.45) is 6.95. The third-order valence-electron chi connectivity index (χ3n) is 4.66. The van der Waals surface area contributed by atoms with Crippen LogP contribution in [0.5, 0.6) is 0 Å². The summed E-state index contributed by atoms with van der Waals surface area (Å²) >= 11 is 0. The molecular formula is C17H25N. The van der Waals surface area contributed by atoms with Gasteiger partial charge in [0.05, 0.1) is 0 Å². The average molecular weight is 243 g/mol. The summed E-state index contributed by atoms with van der Waals surface area (Å²) in [4.78, 5) is 2.72. The molecular weight excluding hydrogens is 218 g/mol. The highest BCUT2D eigenvalue weighted by Crippen LogP contribution is 2.43. The molecule has 0 amide bonds. The van der Waals surface area contributed by atoms with Crippen LogP contribution < -0.4 is 4.90 Å². The lowest BCUT2D eigenvalue weighted by atomic mass is 9.75. The molecule has 2 unspecified atom stereocenters. The topological polar surface area (TPSA) is 3.24 Å². The van der Waals surface area contributed by atoms with Crippen molar-refractivity contribution in [2.45, 2.75) is 64.5 Å². The van der Waals surface area contributed by atoms with E-state index in [-0.39, 0.29) is 5.54 Å². The van der Waals surface area contributed by atoms with Crippen LogP contribution in [-0.4, -0.2) is 11.6 Å². The van der Waals surface area contributed by atoms with E-state index in [9.17, 15) is 0 Å². The van der Waals surface area contributed by atoms with Crippen LogP contribution in [0.1, 0.15) is 52.0 Å². The molecule has 0 spiro atoms. The Labute approximate surface area is 111 Å². The Balaban J connectivity index is 2.06. The molecule has 0 bridgehead atoms.